The Kier molecular flexibility index (Phi) is 5.22. The van der Waals surface area contributed by atoms with Crippen LogP contribution in [0.4, 0.5) is 0 Å². The molecule has 0 bridgehead atoms. The standard InChI is InChI=1S/C14H18N2OS2/c15-13(18)11-5-3-4-10(8-11)9-16-14(17)12-6-1-2-7-19-12/h3-5,8,12H,1-2,6-7,9H2,(H2,15,18)(H,16,17). The molecule has 1 heterocycles. The largest absolute Gasteiger partial charge is 0.389 e. The molecule has 3 nitrogen and oxygen atoms in total. The molecule has 102 valence electrons. The summed E-state index contributed by atoms with van der Waals surface area (Å²) in [6.07, 6.45) is 3.37. The fourth-order valence-corrected chi connectivity index (χ4v) is 3.44. The summed E-state index contributed by atoms with van der Waals surface area (Å²) in [7, 11) is 0. The van der Waals surface area contributed by atoms with E-state index in [4.69, 9.17) is 18.0 Å². The van der Waals surface area contributed by atoms with Gasteiger partial charge in [0.1, 0.15) is 4.99 Å². The first-order chi connectivity index (χ1) is 9.16. The second kappa shape index (κ2) is 6.91. The van der Waals surface area contributed by atoms with E-state index in [1.54, 1.807) is 11.8 Å². The zero-order valence-electron chi connectivity index (χ0n) is 10.7. The highest BCUT2D eigenvalue weighted by Gasteiger charge is 2.21. The molecule has 0 saturated carbocycles. The number of thiocarbonyl (C=S) groups is 1. The SMILES string of the molecule is NC(=S)c1cccc(CNC(=O)C2CCCCS2)c1. The lowest BCUT2D eigenvalue weighted by Crippen LogP contribution is -2.33. The lowest BCUT2D eigenvalue weighted by Gasteiger charge is -2.20. The van der Waals surface area contributed by atoms with Gasteiger partial charge in [0.15, 0.2) is 0 Å². The van der Waals surface area contributed by atoms with E-state index in [0.717, 1.165) is 29.7 Å². The van der Waals surface area contributed by atoms with Crippen molar-refractivity contribution in [3.8, 4) is 0 Å². The molecule has 3 N–H and O–H groups in total. The Morgan fingerprint density at radius 2 is 2.32 bits per heavy atom. The predicted octanol–water partition coefficient (Wildman–Crippen LogP) is 2.22. The predicted molar refractivity (Wildman–Crippen MR) is 84.3 cm³/mol. The lowest BCUT2D eigenvalue weighted by atomic mass is 10.1. The van der Waals surface area contributed by atoms with Gasteiger partial charge in [-0.05, 0) is 30.2 Å². The lowest BCUT2D eigenvalue weighted by molar-refractivity contribution is -0.120. The van der Waals surface area contributed by atoms with E-state index < -0.39 is 0 Å². The second-order valence-corrected chi connectivity index (χ2v) is 6.39. The highest BCUT2D eigenvalue weighted by Crippen LogP contribution is 2.25. The Morgan fingerprint density at radius 1 is 1.47 bits per heavy atom. The van der Waals surface area contributed by atoms with Crippen LogP contribution >= 0.6 is 24.0 Å². The third-order valence-corrected chi connectivity index (χ3v) is 4.76. The van der Waals surface area contributed by atoms with Crippen LogP contribution in [-0.4, -0.2) is 21.9 Å². The van der Waals surface area contributed by atoms with Crippen molar-refractivity contribution in [1.29, 1.82) is 0 Å². The molecule has 1 unspecified atom stereocenters. The fraction of sp³-hybridized carbons (Fsp3) is 0.429. The van der Waals surface area contributed by atoms with E-state index >= 15 is 0 Å². The average Bonchev–Trinajstić information content (AvgIpc) is 2.46. The molecular weight excluding hydrogens is 276 g/mol. The Labute approximate surface area is 123 Å². The van der Waals surface area contributed by atoms with Crippen LogP contribution < -0.4 is 11.1 Å². The average molecular weight is 294 g/mol. The number of amides is 1. The van der Waals surface area contributed by atoms with Crippen LogP contribution in [0.3, 0.4) is 0 Å². The van der Waals surface area contributed by atoms with E-state index in [1.165, 1.54) is 6.42 Å². The van der Waals surface area contributed by atoms with Crippen molar-refractivity contribution >= 4 is 34.9 Å². The number of hydrogen-bond acceptors (Lipinski definition) is 3. The third-order valence-electron chi connectivity index (χ3n) is 3.15. The number of nitrogens with one attached hydrogen (secondary N) is 1. The molecule has 0 aliphatic carbocycles. The first kappa shape index (κ1) is 14.3. The van der Waals surface area contributed by atoms with E-state index in [9.17, 15) is 4.79 Å². The minimum atomic E-state index is 0.118. The Morgan fingerprint density at radius 3 is 3.00 bits per heavy atom. The number of nitrogens with two attached hydrogens (primary N) is 1. The van der Waals surface area contributed by atoms with Gasteiger partial charge >= 0.3 is 0 Å². The number of benzene rings is 1. The maximum atomic E-state index is 12.0. The number of rotatable bonds is 4. The fourth-order valence-electron chi connectivity index (χ4n) is 2.09. The molecule has 1 aromatic rings. The molecule has 1 atom stereocenters. The summed E-state index contributed by atoms with van der Waals surface area (Å²) in [5.41, 5.74) is 7.47. The van der Waals surface area contributed by atoms with Gasteiger partial charge in [-0.15, -0.1) is 11.8 Å². The molecule has 2 rings (SSSR count). The maximum absolute atomic E-state index is 12.0. The maximum Gasteiger partial charge on any atom is 0.233 e. The van der Waals surface area contributed by atoms with Gasteiger partial charge in [0.2, 0.25) is 5.91 Å². The normalized spacial score (nSPS) is 18.8. The number of carbonyl (C=O) groups excluding carboxylic acids is 1. The van der Waals surface area contributed by atoms with Crippen molar-refractivity contribution in [2.75, 3.05) is 5.75 Å². The van der Waals surface area contributed by atoms with Crippen LogP contribution in [0.15, 0.2) is 24.3 Å². The zero-order chi connectivity index (χ0) is 13.7. The number of hydrogen-bond donors (Lipinski definition) is 2. The zero-order valence-corrected chi connectivity index (χ0v) is 12.4. The Bertz CT molecular complexity index is 470. The van der Waals surface area contributed by atoms with Gasteiger partial charge in [-0.2, -0.15) is 0 Å². The van der Waals surface area contributed by atoms with Crippen LogP contribution in [0.1, 0.15) is 30.4 Å². The first-order valence-corrected chi connectivity index (χ1v) is 7.90. The van der Waals surface area contributed by atoms with Crippen molar-refractivity contribution < 1.29 is 4.79 Å². The summed E-state index contributed by atoms with van der Waals surface area (Å²) in [5.74, 6) is 1.24. The highest BCUT2D eigenvalue weighted by molar-refractivity contribution is 8.00. The molecule has 1 amide bonds. The summed E-state index contributed by atoms with van der Waals surface area (Å²) in [6.45, 7) is 0.534. The topological polar surface area (TPSA) is 55.1 Å². The van der Waals surface area contributed by atoms with Crippen molar-refractivity contribution in [3.05, 3.63) is 35.4 Å². The summed E-state index contributed by atoms with van der Waals surface area (Å²) in [6, 6.07) is 7.68. The monoisotopic (exact) mass is 294 g/mol. The Hall–Kier alpha value is -1.07. The van der Waals surface area contributed by atoms with Gasteiger partial charge in [0, 0.05) is 12.1 Å². The molecule has 0 radical (unpaired) electrons. The molecule has 1 aliphatic rings. The van der Waals surface area contributed by atoms with Crippen molar-refractivity contribution in [2.45, 2.75) is 31.1 Å². The van der Waals surface area contributed by atoms with Crippen LogP contribution in [-0.2, 0) is 11.3 Å². The minimum Gasteiger partial charge on any atom is -0.389 e. The molecule has 0 aromatic heterocycles. The van der Waals surface area contributed by atoms with Gasteiger partial charge in [-0.25, -0.2) is 0 Å². The molecule has 1 saturated heterocycles. The quantitative estimate of drug-likeness (QED) is 0.836. The summed E-state index contributed by atoms with van der Waals surface area (Å²) in [4.78, 5) is 12.4. The van der Waals surface area contributed by atoms with Crippen LogP contribution in [0.25, 0.3) is 0 Å². The van der Waals surface area contributed by atoms with Gasteiger partial charge in [0.25, 0.3) is 0 Å². The summed E-state index contributed by atoms with van der Waals surface area (Å²) >= 11 is 6.71. The van der Waals surface area contributed by atoms with Crippen molar-refractivity contribution in [1.82, 2.24) is 5.32 Å². The van der Waals surface area contributed by atoms with Gasteiger partial charge in [-0.3, -0.25) is 4.79 Å². The van der Waals surface area contributed by atoms with E-state index in [2.05, 4.69) is 5.32 Å². The van der Waals surface area contributed by atoms with Crippen LogP contribution in [0.5, 0.6) is 0 Å². The highest BCUT2D eigenvalue weighted by atomic mass is 32.2. The summed E-state index contributed by atoms with van der Waals surface area (Å²) in [5, 5.41) is 3.11. The van der Waals surface area contributed by atoms with Crippen LogP contribution in [0.2, 0.25) is 0 Å². The second-order valence-electron chi connectivity index (χ2n) is 4.64. The molecule has 1 aromatic carbocycles. The molecule has 5 heteroatoms. The molecular formula is C14H18N2OS2. The van der Waals surface area contributed by atoms with Crippen molar-refractivity contribution in [3.63, 3.8) is 0 Å². The Balaban J connectivity index is 1.89. The van der Waals surface area contributed by atoms with Gasteiger partial charge in [-0.1, -0.05) is 36.8 Å². The van der Waals surface area contributed by atoms with Gasteiger partial charge in [0.05, 0.1) is 5.25 Å². The smallest absolute Gasteiger partial charge is 0.233 e. The minimum absolute atomic E-state index is 0.118. The van der Waals surface area contributed by atoms with E-state index in [1.807, 2.05) is 24.3 Å². The molecule has 1 aliphatic heterocycles. The molecule has 1 fully saturated rings. The first-order valence-electron chi connectivity index (χ1n) is 6.45. The van der Waals surface area contributed by atoms with E-state index in [0.29, 0.717) is 11.5 Å². The third kappa shape index (κ3) is 4.21. The van der Waals surface area contributed by atoms with E-state index in [-0.39, 0.29) is 11.2 Å². The molecule has 19 heavy (non-hydrogen) atoms. The van der Waals surface area contributed by atoms with Gasteiger partial charge < -0.3 is 11.1 Å². The van der Waals surface area contributed by atoms with Crippen LogP contribution in [0, 0.1) is 0 Å². The van der Waals surface area contributed by atoms with Crippen molar-refractivity contribution in [2.24, 2.45) is 5.73 Å². The summed E-state index contributed by atoms with van der Waals surface area (Å²) < 4.78 is 0. The number of carbonyl (C=O) groups is 1. The molecule has 0 spiro atoms. The number of thioether (sulfide) groups is 1.